The average molecular weight is 392 g/mol. The Kier molecular flexibility index (Phi) is 4.86. The van der Waals surface area contributed by atoms with Gasteiger partial charge in [0.1, 0.15) is 17.2 Å². The van der Waals surface area contributed by atoms with Crippen LogP contribution in [-0.4, -0.2) is 26.0 Å². The summed E-state index contributed by atoms with van der Waals surface area (Å²) in [6.45, 7) is 2.26. The van der Waals surface area contributed by atoms with E-state index in [1.807, 2.05) is 6.92 Å². The molecule has 9 heteroatoms. The molecule has 29 heavy (non-hydrogen) atoms. The van der Waals surface area contributed by atoms with Crippen LogP contribution in [0.2, 0.25) is 0 Å². The summed E-state index contributed by atoms with van der Waals surface area (Å²) in [4.78, 5) is 24.8. The first-order valence-electron chi connectivity index (χ1n) is 8.97. The highest BCUT2D eigenvalue weighted by molar-refractivity contribution is 6.07. The molecule has 0 spiro atoms. The highest BCUT2D eigenvalue weighted by atomic mass is 19.1. The lowest BCUT2D eigenvalue weighted by atomic mass is 10.1. The molecular weight excluding hydrogens is 375 g/mol. The Hall–Kier alpha value is -3.88. The first-order valence-corrected chi connectivity index (χ1v) is 8.97. The normalized spacial score (nSPS) is 11.0. The lowest BCUT2D eigenvalue weighted by molar-refractivity contribution is 0.100. The third-order valence-corrected chi connectivity index (χ3v) is 4.32. The minimum Gasteiger partial charge on any atom is -0.366 e. The summed E-state index contributed by atoms with van der Waals surface area (Å²) in [5.41, 5.74) is 6.76. The number of anilines is 1. The van der Waals surface area contributed by atoms with Crippen molar-refractivity contribution in [3.05, 3.63) is 65.2 Å². The van der Waals surface area contributed by atoms with Crippen molar-refractivity contribution < 1.29 is 13.7 Å². The van der Waals surface area contributed by atoms with Crippen molar-refractivity contribution >= 4 is 22.8 Å². The van der Waals surface area contributed by atoms with Gasteiger partial charge in [-0.2, -0.15) is 9.97 Å². The minimum absolute atomic E-state index is 0.256. The molecule has 8 nitrogen and oxygen atoms in total. The van der Waals surface area contributed by atoms with Crippen LogP contribution >= 0.6 is 0 Å². The smallest absolute Gasteiger partial charge is 0.251 e. The van der Waals surface area contributed by atoms with Gasteiger partial charge < -0.3 is 15.6 Å². The molecule has 0 atom stereocenters. The molecule has 0 fully saturated rings. The van der Waals surface area contributed by atoms with E-state index in [0.29, 0.717) is 41.4 Å². The number of hydrogen-bond donors (Lipinski definition) is 2. The number of nitrogens with one attached hydrogen (secondary N) is 1. The van der Waals surface area contributed by atoms with Gasteiger partial charge >= 0.3 is 0 Å². The average Bonchev–Trinajstić information content (AvgIpc) is 3.16. The number of nitrogens with zero attached hydrogens (tertiary/aromatic N) is 4. The molecule has 3 N–H and O–H groups in total. The van der Waals surface area contributed by atoms with Gasteiger partial charge in [0.05, 0.1) is 10.9 Å². The van der Waals surface area contributed by atoms with E-state index < -0.39 is 5.91 Å². The van der Waals surface area contributed by atoms with E-state index >= 15 is 0 Å². The van der Waals surface area contributed by atoms with Crippen molar-refractivity contribution in [2.75, 3.05) is 5.32 Å². The van der Waals surface area contributed by atoms with Crippen LogP contribution in [0.4, 0.5) is 10.3 Å². The van der Waals surface area contributed by atoms with Crippen molar-refractivity contribution in [2.45, 2.75) is 19.9 Å². The van der Waals surface area contributed by atoms with E-state index in [0.717, 1.165) is 5.56 Å². The molecule has 4 aromatic rings. The van der Waals surface area contributed by atoms with Crippen LogP contribution in [0.1, 0.15) is 28.7 Å². The second kappa shape index (κ2) is 7.63. The highest BCUT2D eigenvalue weighted by Gasteiger charge is 2.19. The zero-order valence-electron chi connectivity index (χ0n) is 15.5. The number of nitrogens with two attached hydrogens (primary N) is 1. The molecule has 0 saturated heterocycles. The number of hydrogen-bond acceptors (Lipinski definition) is 7. The van der Waals surface area contributed by atoms with E-state index in [4.69, 9.17) is 10.3 Å². The topological polar surface area (TPSA) is 120 Å². The fourth-order valence-electron chi connectivity index (χ4n) is 2.91. The van der Waals surface area contributed by atoms with Gasteiger partial charge in [0.15, 0.2) is 0 Å². The molecule has 0 aliphatic rings. The number of benzene rings is 2. The number of primary amides is 1. The lowest BCUT2D eigenvalue weighted by Crippen LogP contribution is -2.11. The Morgan fingerprint density at radius 1 is 1.17 bits per heavy atom. The molecule has 0 radical (unpaired) electrons. The standard InChI is InChI=1S/C20H17FN6O2/c1-2-15-24-19(17-13-7-4-8-14(18(22)28)16(13)27-29-17)26-20(25-15)23-10-11-5-3-6-12(21)9-11/h3-9H,2,10H2,1H3,(H2,22,28)(H,23,24,25,26). The SMILES string of the molecule is CCc1nc(NCc2cccc(F)c2)nc(-c2onc3c(C(N)=O)cccc23)n1. The number of aryl methyl sites for hydroxylation is 1. The summed E-state index contributed by atoms with van der Waals surface area (Å²) in [6.07, 6.45) is 0.572. The van der Waals surface area contributed by atoms with E-state index in [1.165, 1.54) is 12.1 Å². The molecule has 4 rings (SSSR count). The summed E-state index contributed by atoms with van der Waals surface area (Å²) in [5, 5.41) is 7.62. The Labute approximate surface area is 165 Å². The summed E-state index contributed by atoms with van der Waals surface area (Å²) < 4.78 is 18.8. The molecular formula is C20H17FN6O2. The Balaban J connectivity index is 1.71. The Morgan fingerprint density at radius 3 is 2.76 bits per heavy atom. The predicted octanol–water partition coefficient (Wildman–Crippen LogP) is 3.09. The van der Waals surface area contributed by atoms with Crippen molar-refractivity contribution in [2.24, 2.45) is 5.73 Å². The second-order valence-corrected chi connectivity index (χ2v) is 6.31. The van der Waals surface area contributed by atoms with E-state index in [2.05, 4.69) is 25.4 Å². The lowest BCUT2D eigenvalue weighted by Gasteiger charge is -2.08. The number of carbonyl (C=O) groups is 1. The van der Waals surface area contributed by atoms with E-state index in [9.17, 15) is 9.18 Å². The van der Waals surface area contributed by atoms with Gasteiger partial charge in [0.2, 0.25) is 17.5 Å². The predicted molar refractivity (Wildman–Crippen MR) is 104 cm³/mol. The highest BCUT2D eigenvalue weighted by Crippen LogP contribution is 2.28. The van der Waals surface area contributed by atoms with E-state index in [1.54, 1.807) is 30.3 Å². The molecule has 0 aliphatic heterocycles. The van der Waals surface area contributed by atoms with Crippen molar-refractivity contribution in [3.63, 3.8) is 0 Å². The molecule has 0 saturated carbocycles. The van der Waals surface area contributed by atoms with Crippen LogP contribution < -0.4 is 11.1 Å². The molecule has 2 aromatic carbocycles. The summed E-state index contributed by atoms with van der Waals surface area (Å²) >= 11 is 0. The second-order valence-electron chi connectivity index (χ2n) is 6.31. The fraction of sp³-hybridized carbons (Fsp3) is 0.150. The third-order valence-electron chi connectivity index (χ3n) is 4.32. The van der Waals surface area contributed by atoms with Crippen LogP contribution in [0.15, 0.2) is 47.0 Å². The minimum atomic E-state index is -0.599. The number of fused-ring (bicyclic) bond motifs is 1. The Bertz CT molecular complexity index is 1210. The number of aromatic nitrogens is 4. The first-order chi connectivity index (χ1) is 14.0. The molecule has 1 amide bonds. The van der Waals surface area contributed by atoms with Gasteiger partial charge in [0.25, 0.3) is 5.91 Å². The summed E-state index contributed by atoms with van der Waals surface area (Å²) in [7, 11) is 0. The van der Waals surface area contributed by atoms with Gasteiger partial charge in [-0.1, -0.05) is 30.3 Å². The zero-order chi connectivity index (χ0) is 20.4. The van der Waals surface area contributed by atoms with Crippen LogP contribution in [0.25, 0.3) is 22.5 Å². The van der Waals surface area contributed by atoms with Crippen LogP contribution in [0.3, 0.4) is 0 Å². The monoisotopic (exact) mass is 392 g/mol. The third kappa shape index (κ3) is 3.75. The van der Waals surface area contributed by atoms with Crippen LogP contribution in [-0.2, 0) is 13.0 Å². The summed E-state index contributed by atoms with van der Waals surface area (Å²) in [6, 6.07) is 11.3. The molecule has 0 unspecified atom stereocenters. The maximum absolute atomic E-state index is 13.4. The van der Waals surface area contributed by atoms with Crippen molar-refractivity contribution in [1.29, 1.82) is 0 Å². The van der Waals surface area contributed by atoms with Crippen molar-refractivity contribution in [1.82, 2.24) is 20.1 Å². The number of halogens is 1. The fourth-order valence-corrected chi connectivity index (χ4v) is 2.91. The molecule has 2 heterocycles. The Morgan fingerprint density at radius 2 is 2.00 bits per heavy atom. The zero-order valence-corrected chi connectivity index (χ0v) is 15.5. The van der Waals surface area contributed by atoms with Crippen molar-refractivity contribution in [3.8, 4) is 11.6 Å². The van der Waals surface area contributed by atoms with Crippen LogP contribution in [0.5, 0.6) is 0 Å². The molecule has 2 aromatic heterocycles. The molecule has 0 aliphatic carbocycles. The number of rotatable bonds is 6. The van der Waals surface area contributed by atoms with Gasteiger partial charge in [-0.3, -0.25) is 4.79 Å². The van der Waals surface area contributed by atoms with Gasteiger partial charge in [-0.05, 0) is 29.8 Å². The van der Waals surface area contributed by atoms with Gasteiger partial charge in [-0.25, -0.2) is 9.37 Å². The molecule has 146 valence electrons. The number of amides is 1. The summed E-state index contributed by atoms with van der Waals surface area (Å²) in [5.74, 6) is 0.557. The molecule has 0 bridgehead atoms. The quantitative estimate of drug-likeness (QED) is 0.517. The van der Waals surface area contributed by atoms with Gasteiger partial charge in [0, 0.05) is 13.0 Å². The van der Waals surface area contributed by atoms with E-state index in [-0.39, 0.29) is 17.2 Å². The van der Waals surface area contributed by atoms with Crippen LogP contribution in [0, 0.1) is 5.82 Å². The maximum atomic E-state index is 13.4. The first kappa shape index (κ1) is 18.5. The van der Waals surface area contributed by atoms with Gasteiger partial charge in [-0.15, -0.1) is 0 Å². The largest absolute Gasteiger partial charge is 0.366 e. The maximum Gasteiger partial charge on any atom is 0.251 e. The number of carbonyl (C=O) groups excluding carboxylic acids is 1.